The Bertz CT molecular complexity index is 859. The molecular formula is C18H14ClN3O2. The number of hydrogen-bond acceptors (Lipinski definition) is 4. The molecule has 5 nitrogen and oxygen atoms in total. The second kappa shape index (κ2) is 7.57. The number of benzene rings is 2. The molecule has 1 N–H and O–H groups in total. The minimum absolute atomic E-state index is 0.148. The molecule has 0 unspecified atom stereocenters. The molecule has 3 rings (SSSR count). The molecule has 120 valence electrons. The molecule has 1 amide bonds. The van der Waals surface area contributed by atoms with Crippen molar-refractivity contribution in [3.63, 3.8) is 0 Å². The van der Waals surface area contributed by atoms with Crippen LogP contribution in [0.1, 0.15) is 11.5 Å². The van der Waals surface area contributed by atoms with E-state index in [1.165, 1.54) is 6.08 Å². The average Bonchev–Trinajstić information content (AvgIpc) is 3.08. The van der Waals surface area contributed by atoms with Crippen LogP contribution in [0.25, 0.3) is 17.5 Å². The van der Waals surface area contributed by atoms with Crippen LogP contribution in [0.15, 0.2) is 65.2 Å². The largest absolute Gasteiger partial charge is 0.343 e. The van der Waals surface area contributed by atoms with Crippen molar-refractivity contribution in [2.75, 3.05) is 0 Å². The third-order valence-corrected chi connectivity index (χ3v) is 3.55. The van der Waals surface area contributed by atoms with Crippen molar-refractivity contribution < 1.29 is 9.32 Å². The van der Waals surface area contributed by atoms with Gasteiger partial charge in [0.2, 0.25) is 17.6 Å². The van der Waals surface area contributed by atoms with Gasteiger partial charge >= 0.3 is 0 Å². The Hall–Kier alpha value is -2.92. The summed E-state index contributed by atoms with van der Waals surface area (Å²) in [4.78, 5) is 16.0. The van der Waals surface area contributed by atoms with Crippen LogP contribution in [0.3, 0.4) is 0 Å². The van der Waals surface area contributed by atoms with Crippen molar-refractivity contribution in [2.24, 2.45) is 0 Å². The first-order valence-corrected chi connectivity index (χ1v) is 7.68. The van der Waals surface area contributed by atoms with E-state index >= 15 is 0 Å². The minimum atomic E-state index is -0.239. The summed E-state index contributed by atoms with van der Waals surface area (Å²) in [6, 6.07) is 16.8. The summed E-state index contributed by atoms with van der Waals surface area (Å²) in [6.45, 7) is 0.148. The quantitative estimate of drug-likeness (QED) is 0.719. The van der Waals surface area contributed by atoms with Crippen LogP contribution in [0.4, 0.5) is 0 Å². The van der Waals surface area contributed by atoms with Gasteiger partial charge in [0.15, 0.2) is 0 Å². The lowest BCUT2D eigenvalue weighted by molar-refractivity contribution is -0.116. The molecule has 0 saturated heterocycles. The number of halogens is 1. The summed E-state index contributed by atoms with van der Waals surface area (Å²) in [5.41, 5.74) is 1.64. The van der Waals surface area contributed by atoms with E-state index in [1.807, 2.05) is 42.5 Å². The van der Waals surface area contributed by atoms with Crippen LogP contribution in [0.5, 0.6) is 0 Å². The highest BCUT2D eigenvalue weighted by Gasteiger charge is 2.11. The van der Waals surface area contributed by atoms with E-state index in [0.717, 1.165) is 5.56 Å². The Morgan fingerprint density at radius 3 is 2.67 bits per heavy atom. The van der Waals surface area contributed by atoms with Gasteiger partial charge in [0.05, 0.1) is 11.6 Å². The molecule has 6 heteroatoms. The molecule has 0 fully saturated rings. The SMILES string of the molecule is O=C(C=Cc1ccccc1)NCc1nc(-c2ccccc2Cl)no1. The molecule has 2 aromatic carbocycles. The van der Waals surface area contributed by atoms with E-state index in [1.54, 1.807) is 18.2 Å². The Kier molecular flexibility index (Phi) is 5.03. The topological polar surface area (TPSA) is 68.0 Å². The van der Waals surface area contributed by atoms with E-state index in [9.17, 15) is 4.79 Å². The maximum absolute atomic E-state index is 11.8. The monoisotopic (exact) mass is 339 g/mol. The van der Waals surface area contributed by atoms with Crippen molar-refractivity contribution in [3.05, 3.63) is 77.2 Å². The van der Waals surface area contributed by atoms with Crippen LogP contribution < -0.4 is 5.32 Å². The van der Waals surface area contributed by atoms with Crippen molar-refractivity contribution in [1.29, 1.82) is 0 Å². The zero-order valence-corrected chi connectivity index (χ0v) is 13.4. The zero-order chi connectivity index (χ0) is 16.8. The molecule has 0 aliphatic carbocycles. The van der Waals surface area contributed by atoms with Gasteiger partial charge in [0.1, 0.15) is 0 Å². The van der Waals surface area contributed by atoms with Gasteiger partial charge in [0, 0.05) is 11.6 Å². The highest BCUT2D eigenvalue weighted by Crippen LogP contribution is 2.24. The van der Waals surface area contributed by atoms with Crippen molar-refractivity contribution in [1.82, 2.24) is 15.5 Å². The van der Waals surface area contributed by atoms with Crippen LogP contribution in [-0.4, -0.2) is 16.0 Å². The Morgan fingerprint density at radius 2 is 1.88 bits per heavy atom. The number of hydrogen-bond donors (Lipinski definition) is 1. The average molecular weight is 340 g/mol. The minimum Gasteiger partial charge on any atom is -0.343 e. The summed E-state index contributed by atoms with van der Waals surface area (Å²) in [5.74, 6) is 0.465. The van der Waals surface area contributed by atoms with Crippen LogP contribution >= 0.6 is 11.6 Å². The lowest BCUT2D eigenvalue weighted by Crippen LogP contribution is -2.20. The van der Waals surface area contributed by atoms with Gasteiger partial charge < -0.3 is 9.84 Å². The van der Waals surface area contributed by atoms with Crippen molar-refractivity contribution in [2.45, 2.75) is 6.54 Å². The molecule has 0 aliphatic rings. The molecule has 0 aliphatic heterocycles. The van der Waals surface area contributed by atoms with E-state index < -0.39 is 0 Å². The van der Waals surface area contributed by atoms with E-state index in [-0.39, 0.29) is 12.5 Å². The Balaban J connectivity index is 1.59. The van der Waals surface area contributed by atoms with Gasteiger partial charge in [-0.3, -0.25) is 4.79 Å². The maximum Gasteiger partial charge on any atom is 0.246 e. The Morgan fingerprint density at radius 1 is 1.12 bits per heavy atom. The second-order valence-electron chi connectivity index (χ2n) is 4.95. The molecule has 0 atom stereocenters. The molecule has 0 spiro atoms. The third kappa shape index (κ3) is 4.08. The molecular weight excluding hydrogens is 326 g/mol. The standard InChI is InChI=1S/C18H14ClN3O2/c19-15-9-5-4-8-14(15)18-21-17(24-22-18)12-20-16(23)11-10-13-6-2-1-3-7-13/h1-11H,12H2,(H,20,23). The molecule has 0 saturated carbocycles. The summed E-state index contributed by atoms with van der Waals surface area (Å²) >= 11 is 6.09. The van der Waals surface area contributed by atoms with Crippen LogP contribution in [-0.2, 0) is 11.3 Å². The fourth-order valence-corrected chi connectivity index (χ4v) is 2.26. The first kappa shape index (κ1) is 16.0. The number of carbonyl (C=O) groups is 1. The predicted octanol–water partition coefficient (Wildman–Crippen LogP) is 3.72. The highest BCUT2D eigenvalue weighted by molar-refractivity contribution is 6.33. The number of amides is 1. The maximum atomic E-state index is 11.8. The zero-order valence-electron chi connectivity index (χ0n) is 12.6. The van der Waals surface area contributed by atoms with Gasteiger partial charge in [-0.25, -0.2) is 0 Å². The Labute approximate surface area is 144 Å². The van der Waals surface area contributed by atoms with E-state index in [2.05, 4.69) is 15.5 Å². The van der Waals surface area contributed by atoms with Crippen molar-refractivity contribution in [3.8, 4) is 11.4 Å². The van der Waals surface area contributed by atoms with Crippen LogP contribution in [0.2, 0.25) is 5.02 Å². The predicted molar refractivity (Wildman–Crippen MR) is 92.1 cm³/mol. The molecule has 24 heavy (non-hydrogen) atoms. The first-order chi connectivity index (χ1) is 11.7. The van der Waals surface area contributed by atoms with Gasteiger partial charge in [-0.2, -0.15) is 4.98 Å². The van der Waals surface area contributed by atoms with Gasteiger partial charge in [0.25, 0.3) is 0 Å². The van der Waals surface area contributed by atoms with Gasteiger partial charge in [-0.1, -0.05) is 59.2 Å². The summed E-state index contributed by atoms with van der Waals surface area (Å²) in [6.07, 6.45) is 3.19. The molecule has 0 bridgehead atoms. The normalized spacial score (nSPS) is 10.9. The molecule has 0 radical (unpaired) electrons. The summed E-state index contributed by atoms with van der Waals surface area (Å²) in [5, 5.41) is 7.11. The summed E-state index contributed by atoms with van der Waals surface area (Å²) in [7, 11) is 0. The smallest absolute Gasteiger partial charge is 0.246 e. The number of aromatic nitrogens is 2. The molecule has 3 aromatic rings. The van der Waals surface area contributed by atoms with Crippen LogP contribution in [0, 0.1) is 0 Å². The summed E-state index contributed by atoms with van der Waals surface area (Å²) < 4.78 is 5.13. The number of nitrogens with one attached hydrogen (secondary N) is 1. The first-order valence-electron chi connectivity index (χ1n) is 7.31. The fraction of sp³-hybridized carbons (Fsp3) is 0.0556. The third-order valence-electron chi connectivity index (χ3n) is 3.22. The second-order valence-corrected chi connectivity index (χ2v) is 5.36. The van der Waals surface area contributed by atoms with Gasteiger partial charge in [-0.15, -0.1) is 0 Å². The van der Waals surface area contributed by atoms with Gasteiger partial charge in [-0.05, 0) is 23.8 Å². The molecule has 1 aromatic heterocycles. The number of rotatable bonds is 5. The van der Waals surface area contributed by atoms with E-state index in [4.69, 9.17) is 16.1 Å². The highest BCUT2D eigenvalue weighted by atomic mass is 35.5. The molecule has 1 heterocycles. The van der Waals surface area contributed by atoms with E-state index in [0.29, 0.717) is 22.3 Å². The van der Waals surface area contributed by atoms with Crippen molar-refractivity contribution >= 4 is 23.6 Å². The number of nitrogens with zero attached hydrogens (tertiary/aromatic N) is 2. The lowest BCUT2D eigenvalue weighted by atomic mass is 10.2. The fourth-order valence-electron chi connectivity index (χ4n) is 2.04. The number of carbonyl (C=O) groups excluding carboxylic acids is 1. The lowest BCUT2D eigenvalue weighted by Gasteiger charge is -1.97.